The van der Waals surface area contributed by atoms with Gasteiger partial charge in [0.05, 0.1) is 17.8 Å². The van der Waals surface area contributed by atoms with Gasteiger partial charge in [-0.3, -0.25) is 10.00 Å². The maximum Gasteiger partial charge on any atom is 0.243 e. The van der Waals surface area contributed by atoms with Crippen molar-refractivity contribution >= 4 is 0 Å². The predicted molar refractivity (Wildman–Crippen MR) is 83.5 cm³/mol. The molecule has 0 amide bonds. The standard InChI is InChI=1S/C16H25N5O/c1-10(15-19-11(2)20-22-15)18-13-7-6-8-14-12(13)9-17-21(14)16(3,4)5/h9-10,13,18H,6-8H2,1-5H3. The molecule has 0 saturated heterocycles. The number of rotatable bonds is 3. The molecule has 22 heavy (non-hydrogen) atoms. The smallest absolute Gasteiger partial charge is 0.243 e. The molecule has 0 aliphatic heterocycles. The number of fused-ring (bicyclic) bond motifs is 1. The third-order valence-electron chi connectivity index (χ3n) is 4.18. The van der Waals surface area contributed by atoms with Gasteiger partial charge in [0.15, 0.2) is 5.82 Å². The first-order valence-corrected chi connectivity index (χ1v) is 8.00. The Hall–Kier alpha value is -1.69. The lowest BCUT2D eigenvalue weighted by Gasteiger charge is -2.29. The van der Waals surface area contributed by atoms with Gasteiger partial charge in [-0.1, -0.05) is 5.16 Å². The predicted octanol–water partition coefficient (Wildman–Crippen LogP) is 3.06. The summed E-state index contributed by atoms with van der Waals surface area (Å²) in [5, 5.41) is 12.1. The van der Waals surface area contributed by atoms with Crippen molar-refractivity contribution < 1.29 is 4.52 Å². The van der Waals surface area contributed by atoms with Crippen molar-refractivity contribution in [3.05, 3.63) is 29.2 Å². The van der Waals surface area contributed by atoms with E-state index in [1.807, 2.05) is 13.1 Å². The molecule has 6 nitrogen and oxygen atoms in total. The maximum absolute atomic E-state index is 5.27. The molecule has 2 unspecified atom stereocenters. The van der Waals surface area contributed by atoms with Crippen LogP contribution in [0.1, 0.15) is 75.6 Å². The summed E-state index contributed by atoms with van der Waals surface area (Å²) in [4.78, 5) is 4.32. The molecule has 2 heterocycles. The molecular formula is C16H25N5O. The topological polar surface area (TPSA) is 68.8 Å². The second-order valence-corrected chi connectivity index (χ2v) is 7.14. The van der Waals surface area contributed by atoms with E-state index in [-0.39, 0.29) is 11.6 Å². The Kier molecular flexibility index (Phi) is 3.80. The van der Waals surface area contributed by atoms with Gasteiger partial charge in [0.2, 0.25) is 5.89 Å². The van der Waals surface area contributed by atoms with Crippen LogP contribution in [0.25, 0.3) is 0 Å². The van der Waals surface area contributed by atoms with Crippen LogP contribution in [0.15, 0.2) is 10.7 Å². The minimum Gasteiger partial charge on any atom is -0.338 e. The largest absolute Gasteiger partial charge is 0.338 e. The molecule has 1 aliphatic carbocycles. The van der Waals surface area contributed by atoms with Crippen LogP contribution in [0.3, 0.4) is 0 Å². The number of hydrogen-bond donors (Lipinski definition) is 1. The van der Waals surface area contributed by atoms with E-state index in [2.05, 4.69) is 52.9 Å². The Morgan fingerprint density at radius 1 is 1.41 bits per heavy atom. The molecule has 120 valence electrons. The molecule has 2 aromatic rings. The molecule has 0 fully saturated rings. The van der Waals surface area contributed by atoms with Gasteiger partial charge >= 0.3 is 0 Å². The van der Waals surface area contributed by atoms with Crippen LogP contribution in [-0.4, -0.2) is 19.9 Å². The molecule has 6 heteroatoms. The Balaban J connectivity index is 1.82. The Labute approximate surface area is 131 Å². The van der Waals surface area contributed by atoms with Crippen LogP contribution in [0.5, 0.6) is 0 Å². The van der Waals surface area contributed by atoms with Gasteiger partial charge in [-0.15, -0.1) is 0 Å². The highest BCUT2D eigenvalue weighted by atomic mass is 16.5. The average molecular weight is 303 g/mol. The van der Waals surface area contributed by atoms with Crippen molar-refractivity contribution in [2.24, 2.45) is 0 Å². The SMILES string of the molecule is Cc1noc(C(C)NC2CCCc3c2cnn3C(C)(C)C)n1. The van der Waals surface area contributed by atoms with E-state index in [0.717, 1.165) is 12.8 Å². The zero-order chi connectivity index (χ0) is 15.9. The molecule has 0 spiro atoms. The third kappa shape index (κ3) is 2.79. The monoisotopic (exact) mass is 303 g/mol. The van der Waals surface area contributed by atoms with Gasteiger partial charge in [0.25, 0.3) is 0 Å². The minimum atomic E-state index is 0.0185. The summed E-state index contributed by atoms with van der Waals surface area (Å²) in [5.41, 5.74) is 2.68. The highest BCUT2D eigenvalue weighted by molar-refractivity contribution is 5.26. The molecule has 3 rings (SSSR count). The van der Waals surface area contributed by atoms with Crippen molar-refractivity contribution in [1.82, 2.24) is 25.2 Å². The van der Waals surface area contributed by atoms with E-state index in [1.54, 1.807) is 0 Å². The molecule has 0 bridgehead atoms. The second-order valence-electron chi connectivity index (χ2n) is 7.14. The summed E-state index contributed by atoms with van der Waals surface area (Å²) in [5.74, 6) is 1.32. The molecule has 1 N–H and O–H groups in total. The lowest BCUT2D eigenvalue weighted by molar-refractivity contribution is 0.306. The molecule has 2 atom stereocenters. The fourth-order valence-corrected chi connectivity index (χ4v) is 3.17. The molecular weight excluding hydrogens is 278 g/mol. The molecule has 0 saturated carbocycles. The van der Waals surface area contributed by atoms with E-state index < -0.39 is 0 Å². The number of hydrogen-bond acceptors (Lipinski definition) is 5. The third-order valence-corrected chi connectivity index (χ3v) is 4.18. The Bertz CT molecular complexity index is 652. The molecule has 1 aliphatic rings. The average Bonchev–Trinajstić information content (AvgIpc) is 3.04. The van der Waals surface area contributed by atoms with Gasteiger partial charge < -0.3 is 4.52 Å². The first-order valence-electron chi connectivity index (χ1n) is 8.00. The van der Waals surface area contributed by atoms with E-state index in [9.17, 15) is 0 Å². The zero-order valence-electron chi connectivity index (χ0n) is 14.1. The van der Waals surface area contributed by atoms with Crippen molar-refractivity contribution in [3.63, 3.8) is 0 Å². The molecule has 2 aromatic heterocycles. The maximum atomic E-state index is 5.27. The van der Waals surface area contributed by atoms with Crippen molar-refractivity contribution in [2.45, 2.75) is 71.5 Å². The summed E-state index contributed by atoms with van der Waals surface area (Å²) in [6.07, 6.45) is 5.39. The van der Waals surface area contributed by atoms with Gasteiger partial charge in [-0.2, -0.15) is 10.1 Å². The molecule has 0 radical (unpaired) electrons. The lowest BCUT2D eigenvalue weighted by Crippen LogP contribution is -2.30. The van der Waals surface area contributed by atoms with Crippen molar-refractivity contribution in [1.29, 1.82) is 0 Å². The summed E-state index contributed by atoms with van der Waals surface area (Å²) >= 11 is 0. The highest BCUT2D eigenvalue weighted by Gasteiger charge is 2.29. The molecule has 0 aromatic carbocycles. The van der Waals surface area contributed by atoms with Crippen LogP contribution < -0.4 is 5.32 Å². The van der Waals surface area contributed by atoms with Gasteiger partial charge in [0.1, 0.15) is 0 Å². The van der Waals surface area contributed by atoms with E-state index in [1.165, 1.54) is 17.7 Å². The number of nitrogens with one attached hydrogen (secondary N) is 1. The van der Waals surface area contributed by atoms with Gasteiger partial charge in [0, 0.05) is 17.3 Å². The summed E-state index contributed by atoms with van der Waals surface area (Å²) in [6, 6.07) is 0.331. The van der Waals surface area contributed by atoms with E-state index >= 15 is 0 Å². The zero-order valence-corrected chi connectivity index (χ0v) is 14.1. The fourth-order valence-electron chi connectivity index (χ4n) is 3.17. The summed E-state index contributed by atoms with van der Waals surface area (Å²) in [6.45, 7) is 10.5. The van der Waals surface area contributed by atoms with E-state index in [0.29, 0.717) is 17.8 Å². The Morgan fingerprint density at radius 3 is 2.82 bits per heavy atom. The quantitative estimate of drug-likeness (QED) is 0.943. The van der Waals surface area contributed by atoms with Crippen molar-refractivity contribution in [2.75, 3.05) is 0 Å². The van der Waals surface area contributed by atoms with E-state index in [4.69, 9.17) is 4.52 Å². The van der Waals surface area contributed by atoms with Crippen LogP contribution in [0, 0.1) is 6.92 Å². The Morgan fingerprint density at radius 2 is 2.18 bits per heavy atom. The summed E-state index contributed by atoms with van der Waals surface area (Å²) < 4.78 is 7.43. The van der Waals surface area contributed by atoms with Gasteiger partial charge in [-0.25, -0.2) is 0 Å². The number of aryl methyl sites for hydroxylation is 1. The van der Waals surface area contributed by atoms with Crippen LogP contribution >= 0.6 is 0 Å². The first kappa shape index (κ1) is 15.2. The van der Waals surface area contributed by atoms with Gasteiger partial charge in [-0.05, 0) is 53.9 Å². The van der Waals surface area contributed by atoms with Crippen LogP contribution in [0.4, 0.5) is 0 Å². The minimum absolute atomic E-state index is 0.0185. The summed E-state index contributed by atoms with van der Waals surface area (Å²) in [7, 11) is 0. The lowest BCUT2D eigenvalue weighted by atomic mass is 9.91. The fraction of sp³-hybridized carbons (Fsp3) is 0.688. The number of aromatic nitrogens is 4. The highest BCUT2D eigenvalue weighted by Crippen LogP contribution is 2.33. The first-order chi connectivity index (χ1) is 10.4. The number of nitrogens with zero attached hydrogens (tertiary/aromatic N) is 4. The second kappa shape index (κ2) is 5.50. The van der Waals surface area contributed by atoms with Crippen LogP contribution in [-0.2, 0) is 12.0 Å². The van der Waals surface area contributed by atoms with Crippen LogP contribution in [0.2, 0.25) is 0 Å². The normalized spacial score (nSPS) is 20.0. The van der Waals surface area contributed by atoms with Crippen molar-refractivity contribution in [3.8, 4) is 0 Å².